The van der Waals surface area contributed by atoms with Crippen LogP contribution in [0.3, 0.4) is 0 Å². The van der Waals surface area contributed by atoms with Gasteiger partial charge >= 0.3 is 0 Å². The predicted molar refractivity (Wildman–Crippen MR) is 119 cm³/mol. The number of hydrogen-bond donors (Lipinski definition) is 1. The van der Waals surface area contributed by atoms with Crippen molar-refractivity contribution in [2.75, 3.05) is 11.1 Å². The average Bonchev–Trinajstić information content (AvgIpc) is 3.27. The lowest BCUT2D eigenvalue weighted by Gasteiger charge is -2.03. The summed E-state index contributed by atoms with van der Waals surface area (Å²) in [6.07, 6.45) is 5.31. The summed E-state index contributed by atoms with van der Waals surface area (Å²) in [6.45, 7) is 2.15. The number of benzene rings is 1. The number of hydrogen-bond acceptors (Lipinski definition) is 8. The maximum atomic E-state index is 12.4. The molecule has 4 rings (SSSR count). The van der Waals surface area contributed by atoms with Gasteiger partial charge in [0.2, 0.25) is 5.91 Å². The summed E-state index contributed by atoms with van der Waals surface area (Å²) in [7, 11) is 0. The Bertz CT molecular complexity index is 1120. The molecule has 1 aliphatic rings. The van der Waals surface area contributed by atoms with Gasteiger partial charge in [-0.05, 0) is 55.9 Å². The normalized spacial score (nSPS) is 13.2. The van der Waals surface area contributed by atoms with Gasteiger partial charge in [-0.2, -0.15) is 5.26 Å². The lowest BCUT2D eigenvalue weighted by atomic mass is 10.1. The highest BCUT2D eigenvalue weighted by atomic mass is 32.2. The Morgan fingerprint density at radius 3 is 3.03 bits per heavy atom. The Labute approximate surface area is 188 Å². The van der Waals surface area contributed by atoms with Crippen molar-refractivity contribution in [3.05, 3.63) is 51.7 Å². The van der Waals surface area contributed by atoms with Gasteiger partial charge in [0.25, 0.3) is 11.1 Å². The van der Waals surface area contributed by atoms with Crippen molar-refractivity contribution in [1.29, 1.82) is 5.26 Å². The molecule has 0 bridgehead atoms. The Morgan fingerprint density at radius 2 is 2.19 bits per heavy atom. The number of amides is 1. The van der Waals surface area contributed by atoms with E-state index in [1.807, 2.05) is 31.2 Å². The predicted octanol–water partition coefficient (Wildman–Crippen LogP) is 4.89. The van der Waals surface area contributed by atoms with E-state index >= 15 is 0 Å². The molecule has 3 aromatic rings. The number of nitrogens with zero attached hydrogens (tertiary/aromatic N) is 3. The van der Waals surface area contributed by atoms with Crippen LogP contribution in [0.25, 0.3) is 0 Å². The fourth-order valence-corrected chi connectivity index (χ4v) is 5.28. The molecule has 31 heavy (non-hydrogen) atoms. The molecule has 0 radical (unpaired) electrons. The zero-order valence-electron chi connectivity index (χ0n) is 17.1. The van der Waals surface area contributed by atoms with E-state index < -0.39 is 0 Å². The summed E-state index contributed by atoms with van der Waals surface area (Å²) in [5.74, 6) is 0.995. The van der Waals surface area contributed by atoms with Crippen LogP contribution in [0.15, 0.2) is 33.9 Å². The van der Waals surface area contributed by atoms with Crippen LogP contribution in [0, 0.1) is 18.3 Å². The fourth-order valence-electron chi connectivity index (χ4n) is 3.44. The van der Waals surface area contributed by atoms with Gasteiger partial charge in [-0.25, -0.2) is 0 Å². The number of aromatic nitrogens is 2. The highest BCUT2D eigenvalue weighted by Gasteiger charge is 2.21. The minimum atomic E-state index is -0.200. The van der Waals surface area contributed by atoms with E-state index in [0.29, 0.717) is 21.7 Å². The molecule has 1 aliphatic carbocycles. The van der Waals surface area contributed by atoms with Gasteiger partial charge < -0.3 is 14.5 Å². The number of nitriles is 1. The number of ether oxygens (including phenoxy) is 1. The lowest BCUT2D eigenvalue weighted by molar-refractivity contribution is -0.113. The van der Waals surface area contributed by atoms with Crippen LogP contribution in [0.5, 0.6) is 5.75 Å². The first-order chi connectivity index (χ1) is 15.1. The van der Waals surface area contributed by atoms with E-state index in [2.05, 4.69) is 21.6 Å². The van der Waals surface area contributed by atoms with Crippen LogP contribution >= 0.6 is 23.1 Å². The van der Waals surface area contributed by atoms with Gasteiger partial charge in [-0.1, -0.05) is 30.3 Å². The van der Waals surface area contributed by atoms with Gasteiger partial charge in [0, 0.05) is 4.88 Å². The molecule has 160 valence electrons. The van der Waals surface area contributed by atoms with Gasteiger partial charge in [0.05, 0.1) is 11.3 Å². The average molecular weight is 455 g/mol. The molecule has 0 saturated carbocycles. The molecule has 0 unspecified atom stereocenters. The van der Waals surface area contributed by atoms with Gasteiger partial charge in [-0.3, -0.25) is 4.79 Å². The number of rotatable bonds is 7. The summed E-state index contributed by atoms with van der Waals surface area (Å²) >= 11 is 2.69. The maximum absolute atomic E-state index is 12.4. The monoisotopic (exact) mass is 454 g/mol. The number of thioether (sulfide) groups is 1. The lowest BCUT2D eigenvalue weighted by Crippen LogP contribution is -2.14. The van der Waals surface area contributed by atoms with Crippen molar-refractivity contribution < 1.29 is 13.9 Å². The van der Waals surface area contributed by atoms with E-state index in [0.717, 1.165) is 54.3 Å². The maximum Gasteiger partial charge on any atom is 0.277 e. The molecular weight excluding hydrogens is 432 g/mol. The highest BCUT2D eigenvalue weighted by molar-refractivity contribution is 7.99. The smallest absolute Gasteiger partial charge is 0.277 e. The van der Waals surface area contributed by atoms with Crippen molar-refractivity contribution in [3.63, 3.8) is 0 Å². The third kappa shape index (κ3) is 5.46. The van der Waals surface area contributed by atoms with Gasteiger partial charge in [0.1, 0.15) is 16.8 Å². The van der Waals surface area contributed by atoms with E-state index in [4.69, 9.17) is 9.15 Å². The SMILES string of the molecule is Cc1cccc(OCc2nnc(SCC(=O)Nc3sc4c(c3C#N)CCCCC4)o2)c1. The second-order valence-corrected chi connectivity index (χ2v) is 9.32. The molecule has 0 atom stereocenters. The fraction of sp³-hybridized carbons (Fsp3) is 0.364. The summed E-state index contributed by atoms with van der Waals surface area (Å²) in [5, 5.41) is 21.3. The molecule has 1 aromatic carbocycles. The number of nitrogens with one attached hydrogen (secondary N) is 1. The summed E-state index contributed by atoms with van der Waals surface area (Å²) in [6, 6.07) is 9.98. The Morgan fingerprint density at radius 1 is 1.32 bits per heavy atom. The number of aryl methyl sites for hydroxylation is 2. The van der Waals surface area contributed by atoms with Gasteiger partial charge in [0.15, 0.2) is 6.61 Å². The quantitative estimate of drug-likeness (QED) is 0.401. The molecule has 1 amide bonds. The molecule has 2 aromatic heterocycles. The Hall–Kier alpha value is -2.83. The third-order valence-corrected chi connectivity index (χ3v) is 6.94. The molecule has 0 spiro atoms. The first-order valence-corrected chi connectivity index (χ1v) is 11.9. The first-order valence-electron chi connectivity index (χ1n) is 10.1. The van der Waals surface area contributed by atoms with E-state index in [-0.39, 0.29) is 18.3 Å². The second-order valence-electron chi connectivity index (χ2n) is 7.28. The molecule has 2 heterocycles. The molecule has 7 nitrogen and oxygen atoms in total. The van der Waals surface area contributed by atoms with E-state index in [1.165, 1.54) is 22.6 Å². The van der Waals surface area contributed by atoms with Crippen molar-refractivity contribution in [2.24, 2.45) is 0 Å². The molecule has 0 fully saturated rings. The number of thiophene rings is 1. The highest BCUT2D eigenvalue weighted by Crippen LogP contribution is 2.37. The van der Waals surface area contributed by atoms with Crippen molar-refractivity contribution in [2.45, 2.75) is 50.9 Å². The minimum Gasteiger partial charge on any atom is -0.484 e. The van der Waals surface area contributed by atoms with Crippen molar-refractivity contribution >= 4 is 34.0 Å². The Balaban J connectivity index is 1.30. The topological polar surface area (TPSA) is 101 Å². The zero-order valence-corrected chi connectivity index (χ0v) is 18.8. The first kappa shape index (κ1) is 21.4. The van der Waals surface area contributed by atoms with Crippen LogP contribution in [-0.2, 0) is 24.2 Å². The summed E-state index contributed by atoms with van der Waals surface area (Å²) in [5.41, 5.74) is 2.84. The van der Waals surface area contributed by atoms with Crippen molar-refractivity contribution in [3.8, 4) is 11.8 Å². The standard InChI is InChI=1S/C22H22N4O3S2/c1-14-6-5-7-15(10-14)28-12-20-25-26-22(29-20)30-13-19(27)24-21-17(11-23)16-8-3-2-4-9-18(16)31-21/h5-7,10H,2-4,8-9,12-13H2,1H3,(H,24,27). The molecule has 1 N–H and O–H groups in total. The zero-order chi connectivity index (χ0) is 21.6. The van der Waals surface area contributed by atoms with Crippen LogP contribution in [0.4, 0.5) is 5.00 Å². The van der Waals surface area contributed by atoms with E-state index in [9.17, 15) is 10.1 Å². The third-order valence-electron chi connectivity index (χ3n) is 4.91. The Kier molecular flexibility index (Phi) is 6.89. The largest absolute Gasteiger partial charge is 0.484 e. The molecule has 0 saturated heterocycles. The van der Waals surface area contributed by atoms with Crippen LogP contribution < -0.4 is 10.1 Å². The summed E-state index contributed by atoms with van der Waals surface area (Å²) < 4.78 is 11.2. The second kappa shape index (κ2) is 9.98. The summed E-state index contributed by atoms with van der Waals surface area (Å²) in [4.78, 5) is 13.7. The van der Waals surface area contributed by atoms with E-state index in [1.54, 1.807) is 0 Å². The van der Waals surface area contributed by atoms with Crippen LogP contribution in [-0.4, -0.2) is 21.9 Å². The molecule has 0 aliphatic heterocycles. The number of anilines is 1. The van der Waals surface area contributed by atoms with Gasteiger partial charge in [-0.15, -0.1) is 21.5 Å². The molecular formula is C22H22N4O3S2. The van der Waals surface area contributed by atoms with Crippen LogP contribution in [0.1, 0.15) is 46.7 Å². The number of fused-ring (bicyclic) bond motifs is 1. The van der Waals surface area contributed by atoms with Crippen molar-refractivity contribution in [1.82, 2.24) is 10.2 Å². The molecule has 9 heteroatoms. The number of carbonyl (C=O) groups excluding carboxylic acids is 1. The van der Waals surface area contributed by atoms with Crippen LogP contribution in [0.2, 0.25) is 0 Å². The minimum absolute atomic E-state index is 0.119. The number of carbonyl (C=O) groups is 1.